The van der Waals surface area contributed by atoms with Crippen molar-refractivity contribution in [3.05, 3.63) is 28.3 Å². The van der Waals surface area contributed by atoms with Crippen molar-refractivity contribution in [3.8, 4) is 0 Å². The number of aromatic carboxylic acids is 1. The predicted molar refractivity (Wildman–Crippen MR) is 69.0 cm³/mol. The molecule has 1 aromatic carbocycles. The van der Waals surface area contributed by atoms with Crippen LogP contribution in [0.2, 0.25) is 5.02 Å². The van der Waals surface area contributed by atoms with E-state index in [0.717, 1.165) is 24.1 Å². The van der Waals surface area contributed by atoms with Gasteiger partial charge in [-0.05, 0) is 37.5 Å². The molecule has 0 unspecified atom stereocenters. The zero-order chi connectivity index (χ0) is 12.4. The van der Waals surface area contributed by atoms with Crippen molar-refractivity contribution in [3.63, 3.8) is 0 Å². The van der Waals surface area contributed by atoms with Crippen LogP contribution in [0.3, 0.4) is 0 Å². The van der Waals surface area contributed by atoms with E-state index in [1.165, 1.54) is 18.9 Å². The maximum atomic E-state index is 11.1. The predicted octanol–water partition coefficient (Wildman–Crippen LogP) is 3.70. The van der Waals surface area contributed by atoms with Gasteiger partial charge >= 0.3 is 5.97 Å². The van der Waals surface area contributed by atoms with Gasteiger partial charge in [0.15, 0.2) is 0 Å². The smallest absolute Gasteiger partial charge is 0.336 e. The second-order valence-electron chi connectivity index (χ2n) is 4.56. The molecule has 4 heteroatoms. The molecule has 0 heterocycles. The Morgan fingerprint density at radius 1 is 1.41 bits per heavy atom. The van der Waals surface area contributed by atoms with Gasteiger partial charge in [-0.2, -0.15) is 0 Å². The van der Waals surface area contributed by atoms with Crippen molar-refractivity contribution in [2.45, 2.75) is 38.6 Å². The van der Waals surface area contributed by atoms with Crippen LogP contribution in [0.15, 0.2) is 12.1 Å². The van der Waals surface area contributed by atoms with Crippen LogP contribution >= 0.6 is 11.6 Å². The molecule has 3 nitrogen and oxygen atoms in total. The molecule has 1 aliphatic rings. The van der Waals surface area contributed by atoms with Crippen molar-refractivity contribution >= 4 is 23.3 Å². The van der Waals surface area contributed by atoms with E-state index in [1.807, 2.05) is 13.0 Å². The van der Waals surface area contributed by atoms with Crippen LogP contribution in [0.5, 0.6) is 0 Å². The van der Waals surface area contributed by atoms with Crippen LogP contribution in [-0.2, 0) is 0 Å². The summed E-state index contributed by atoms with van der Waals surface area (Å²) in [7, 11) is 0. The molecule has 1 aliphatic carbocycles. The Morgan fingerprint density at radius 3 is 2.65 bits per heavy atom. The average molecular weight is 254 g/mol. The number of carboxylic acids is 1. The molecule has 0 aromatic heterocycles. The molecule has 1 fully saturated rings. The van der Waals surface area contributed by atoms with Crippen molar-refractivity contribution in [1.82, 2.24) is 0 Å². The zero-order valence-corrected chi connectivity index (χ0v) is 10.5. The SMILES string of the molecule is Cc1c(NC2CCCC2)cc(Cl)cc1C(=O)O. The van der Waals surface area contributed by atoms with Gasteiger partial charge in [0.1, 0.15) is 0 Å². The first-order chi connectivity index (χ1) is 8.08. The number of carbonyl (C=O) groups is 1. The van der Waals surface area contributed by atoms with Gasteiger partial charge in [-0.15, -0.1) is 0 Å². The van der Waals surface area contributed by atoms with Gasteiger partial charge in [0.25, 0.3) is 0 Å². The van der Waals surface area contributed by atoms with Gasteiger partial charge in [-0.1, -0.05) is 24.4 Å². The number of halogens is 1. The summed E-state index contributed by atoms with van der Waals surface area (Å²) in [6.07, 6.45) is 4.77. The normalized spacial score (nSPS) is 16.1. The number of carboxylic acid groups (broad SMARTS) is 1. The average Bonchev–Trinajstić information content (AvgIpc) is 2.75. The van der Waals surface area contributed by atoms with E-state index < -0.39 is 5.97 Å². The summed E-state index contributed by atoms with van der Waals surface area (Å²) >= 11 is 5.95. The third-order valence-corrected chi connectivity index (χ3v) is 3.54. The standard InChI is InChI=1S/C13H16ClNO2/c1-8-11(13(16)17)6-9(14)7-12(8)15-10-4-2-3-5-10/h6-7,10,15H,2-5H2,1H3,(H,16,17). The Morgan fingerprint density at radius 2 is 2.06 bits per heavy atom. The Hall–Kier alpha value is -1.22. The molecule has 0 bridgehead atoms. The molecule has 0 aliphatic heterocycles. The highest BCUT2D eigenvalue weighted by molar-refractivity contribution is 6.31. The van der Waals surface area contributed by atoms with Gasteiger partial charge < -0.3 is 10.4 Å². The van der Waals surface area contributed by atoms with Gasteiger partial charge in [0.2, 0.25) is 0 Å². The quantitative estimate of drug-likeness (QED) is 0.864. The topological polar surface area (TPSA) is 49.3 Å². The summed E-state index contributed by atoms with van der Waals surface area (Å²) in [5.74, 6) is -0.931. The van der Waals surface area contributed by atoms with Crippen molar-refractivity contribution in [2.24, 2.45) is 0 Å². The zero-order valence-electron chi connectivity index (χ0n) is 9.79. The highest BCUT2D eigenvalue weighted by atomic mass is 35.5. The van der Waals surface area contributed by atoms with Gasteiger partial charge in [0.05, 0.1) is 5.56 Å². The molecule has 92 valence electrons. The first-order valence-corrected chi connectivity index (χ1v) is 6.25. The summed E-state index contributed by atoms with van der Waals surface area (Å²) < 4.78 is 0. The molecule has 0 saturated heterocycles. The highest BCUT2D eigenvalue weighted by Crippen LogP contribution is 2.28. The van der Waals surface area contributed by atoms with E-state index in [1.54, 1.807) is 0 Å². The monoisotopic (exact) mass is 253 g/mol. The lowest BCUT2D eigenvalue weighted by Gasteiger charge is -2.17. The van der Waals surface area contributed by atoms with Crippen LogP contribution in [0, 0.1) is 6.92 Å². The summed E-state index contributed by atoms with van der Waals surface area (Å²) in [6, 6.07) is 3.76. The second kappa shape index (κ2) is 4.96. The molecule has 0 radical (unpaired) electrons. The molecule has 2 rings (SSSR count). The Balaban J connectivity index is 2.29. The Labute approximate surface area is 106 Å². The third kappa shape index (κ3) is 2.72. The lowest BCUT2D eigenvalue weighted by molar-refractivity contribution is 0.0696. The first-order valence-electron chi connectivity index (χ1n) is 5.88. The first kappa shape index (κ1) is 12.2. The molecule has 2 N–H and O–H groups in total. The van der Waals surface area contributed by atoms with Gasteiger partial charge in [-0.3, -0.25) is 0 Å². The Bertz CT molecular complexity index is 439. The van der Waals surface area contributed by atoms with E-state index in [4.69, 9.17) is 16.7 Å². The fraction of sp³-hybridized carbons (Fsp3) is 0.462. The maximum absolute atomic E-state index is 11.1. The van der Waals surface area contributed by atoms with Crippen LogP contribution in [0.25, 0.3) is 0 Å². The largest absolute Gasteiger partial charge is 0.478 e. The number of nitrogens with one attached hydrogen (secondary N) is 1. The van der Waals surface area contributed by atoms with E-state index >= 15 is 0 Å². The number of anilines is 1. The fourth-order valence-electron chi connectivity index (χ4n) is 2.34. The number of benzene rings is 1. The highest BCUT2D eigenvalue weighted by Gasteiger charge is 2.18. The number of rotatable bonds is 3. The molecule has 1 saturated carbocycles. The minimum Gasteiger partial charge on any atom is -0.478 e. The summed E-state index contributed by atoms with van der Waals surface area (Å²) in [5.41, 5.74) is 1.88. The molecule has 0 spiro atoms. The van der Waals surface area contributed by atoms with Crippen LogP contribution < -0.4 is 5.32 Å². The van der Waals surface area contributed by atoms with Crippen LogP contribution in [0.1, 0.15) is 41.6 Å². The minimum atomic E-state index is -0.931. The van der Waals surface area contributed by atoms with Gasteiger partial charge in [0, 0.05) is 16.8 Å². The lowest BCUT2D eigenvalue weighted by Crippen LogP contribution is -2.16. The van der Waals surface area contributed by atoms with Crippen molar-refractivity contribution in [2.75, 3.05) is 5.32 Å². The molecular formula is C13H16ClNO2. The molecule has 17 heavy (non-hydrogen) atoms. The number of hydrogen-bond acceptors (Lipinski definition) is 2. The third-order valence-electron chi connectivity index (χ3n) is 3.32. The lowest BCUT2D eigenvalue weighted by atomic mass is 10.1. The molecule has 0 amide bonds. The van der Waals surface area contributed by atoms with Gasteiger partial charge in [-0.25, -0.2) is 4.79 Å². The second-order valence-corrected chi connectivity index (χ2v) is 4.99. The van der Waals surface area contributed by atoms with Crippen LogP contribution in [0.4, 0.5) is 5.69 Å². The van der Waals surface area contributed by atoms with E-state index in [-0.39, 0.29) is 5.56 Å². The van der Waals surface area contributed by atoms with E-state index in [0.29, 0.717) is 11.1 Å². The summed E-state index contributed by atoms with van der Waals surface area (Å²) in [5, 5.41) is 13.0. The molecular weight excluding hydrogens is 238 g/mol. The summed E-state index contributed by atoms with van der Waals surface area (Å²) in [6.45, 7) is 1.82. The number of hydrogen-bond donors (Lipinski definition) is 2. The Kier molecular flexibility index (Phi) is 3.57. The minimum absolute atomic E-state index is 0.276. The van der Waals surface area contributed by atoms with Crippen LogP contribution in [-0.4, -0.2) is 17.1 Å². The van der Waals surface area contributed by atoms with Crippen molar-refractivity contribution < 1.29 is 9.90 Å². The summed E-state index contributed by atoms with van der Waals surface area (Å²) in [4.78, 5) is 11.1. The van der Waals surface area contributed by atoms with E-state index in [9.17, 15) is 4.79 Å². The fourth-order valence-corrected chi connectivity index (χ4v) is 2.56. The van der Waals surface area contributed by atoms with Crippen molar-refractivity contribution in [1.29, 1.82) is 0 Å². The van der Waals surface area contributed by atoms with E-state index in [2.05, 4.69) is 5.32 Å². The molecule has 0 atom stereocenters. The molecule has 1 aromatic rings. The maximum Gasteiger partial charge on any atom is 0.336 e.